The highest BCUT2D eigenvalue weighted by molar-refractivity contribution is 5.56. The van der Waals surface area contributed by atoms with E-state index in [2.05, 4.69) is 16.4 Å². The summed E-state index contributed by atoms with van der Waals surface area (Å²) in [5.74, 6) is 0. The summed E-state index contributed by atoms with van der Waals surface area (Å²) in [6.07, 6.45) is 4.31. The van der Waals surface area contributed by atoms with Crippen LogP contribution in [0, 0.1) is 11.3 Å². The van der Waals surface area contributed by atoms with E-state index in [0.717, 1.165) is 12.1 Å². The maximum absolute atomic E-state index is 8.61. The smallest absolute Gasteiger partial charge is 0.118 e. The lowest BCUT2D eigenvalue weighted by atomic mass is 10.1. The number of nitrogens with one attached hydrogen (secondary N) is 1. The summed E-state index contributed by atoms with van der Waals surface area (Å²) >= 11 is 0. The molecule has 0 amide bonds. The van der Waals surface area contributed by atoms with Crippen molar-refractivity contribution in [3.05, 3.63) is 24.0 Å². The van der Waals surface area contributed by atoms with E-state index in [1.165, 1.54) is 5.56 Å². The molecular weight excluding hydrogens is 138 g/mol. The van der Waals surface area contributed by atoms with Crippen molar-refractivity contribution in [2.75, 3.05) is 5.32 Å². The largest absolute Gasteiger partial charge is 0.368 e. The second-order valence-corrected chi connectivity index (χ2v) is 2.56. The van der Waals surface area contributed by atoms with Crippen LogP contribution in [0.5, 0.6) is 0 Å². The fourth-order valence-electron chi connectivity index (χ4n) is 1.27. The summed E-state index contributed by atoms with van der Waals surface area (Å²) in [7, 11) is 0. The van der Waals surface area contributed by atoms with E-state index in [1.807, 2.05) is 6.07 Å². The quantitative estimate of drug-likeness (QED) is 0.591. The molecule has 0 aromatic carbocycles. The molecule has 2 heterocycles. The van der Waals surface area contributed by atoms with E-state index in [0.29, 0.717) is 0 Å². The molecule has 0 aliphatic carbocycles. The molecule has 2 rings (SSSR count). The van der Waals surface area contributed by atoms with Crippen LogP contribution in [-0.2, 0) is 6.42 Å². The van der Waals surface area contributed by atoms with Crippen LogP contribution in [0.15, 0.2) is 18.5 Å². The van der Waals surface area contributed by atoms with Crippen LogP contribution in [0.3, 0.4) is 0 Å². The molecule has 3 heteroatoms. The lowest BCUT2D eigenvalue weighted by Crippen LogP contribution is -2.11. The summed E-state index contributed by atoms with van der Waals surface area (Å²) in [6.45, 7) is 0. The van der Waals surface area contributed by atoms with Gasteiger partial charge in [0.1, 0.15) is 6.04 Å². The van der Waals surface area contributed by atoms with Gasteiger partial charge in [0.2, 0.25) is 0 Å². The molecule has 3 nitrogen and oxygen atoms in total. The Morgan fingerprint density at radius 2 is 2.64 bits per heavy atom. The minimum Gasteiger partial charge on any atom is -0.368 e. The van der Waals surface area contributed by atoms with Crippen LogP contribution >= 0.6 is 0 Å². The van der Waals surface area contributed by atoms with Gasteiger partial charge >= 0.3 is 0 Å². The van der Waals surface area contributed by atoms with E-state index in [4.69, 9.17) is 5.26 Å². The second kappa shape index (κ2) is 2.24. The first-order chi connectivity index (χ1) is 5.40. The number of hydrogen-bond donors (Lipinski definition) is 1. The highest BCUT2D eigenvalue weighted by Gasteiger charge is 2.18. The van der Waals surface area contributed by atoms with Crippen LogP contribution in [0.4, 0.5) is 5.69 Å². The van der Waals surface area contributed by atoms with Crippen molar-refractivity contribution < 1.29 is 0 Å². The van der Waals surface area contributed by atoms with Crippen LogP contribution in [0.1, 0.15) is 5.56 Å². The zero-order valence-electron chi connectivity index (χ0n) is 5.91. The van der Waals surface area contributed by atoms with Gasteiger partial charge in [0.25, 0.3) is 0 Å². The van der Waals surface area contributed by atoms with Crippen molar-refractivity contribution in [3.63, 3.8) is 0 Å². The Morgan fingerprint density at radius 1 is 1.73 bits per heavy atom. The highest BCUT2D eigenvalue weighted by atomic mass is 15.0. The van der Waals surface area contributed by atoms with E-state index < -0.39 is 0 Å². The number of pyridine rings is 1. The van der Waals surface area contributed by atoms with Gasteiger partial charge in [0, 0.05) is 12.6 Å². The Morgan fingerprint density at radius 3 is 3.36 bits per heavy atom. The molecule has 0 saturated carbocycles. The summed E-state index contributed by atoms with van der Waals surface area (Å²) in [5.41, 5.74) is 2.19. The van der Waals surface area contributed by atoms with Gasteiger partial charge in [-0.05, 0) is 11.6 Å². The molecule has 1 N–H and O–H groups in total. The molecule has 0 spiro atoms. The number of aromatic nitrogens is 1. The minimum atomic E-state index is -0.0609. The third-order valence-corrected chi connectivity index (χ3v) is 1.82. The zero-order valence-corrected chi connectivity index (χ0v) is 5.91. The highest BCUT2D eigenvalue weighted by Crippen LogP contribution is 2.23. The van der Waals surface area contributed by atoms with Gasteiger partial charge in [-0.15, -0.1) is 0 Å². The fourth-order valence-corrected chi connectivity index (χ4v) is 1.27. The van der Waals surface area contributed by atoms with Gasteiger partial charge < -0.3 is 5.32 Å². The van der Waals surface area contributed by atoms with Crippen molar-refractivity contribution in [2.24, 2.45) is 0 Å². The summed E-state index contributed by atoms with van der Waals surface area (Å²) < 4.78 is 0. The van der Waals surface area contributed by atoms with Crippen LogP contribution in [0.2, 0.25) is 0 Å². The summed E-state index contributed by atoms with van der Waals surface area (Å²) in [5, 5.41) is 11.7. The van der Waals surface area contributed by atoms with Gasteiger partial charge in [-0.3, -0.25) is 4.98 Å². The predicted octanol–water partition coefficient (Wildman–Crippen LogP) is 0.942. The lowest BCUT2D eigenvalue weighted by molar-refractivity contribution is 0.937. The molecule has 0 radical (unpaired) electrons. The zero-order chi connectivity index (χ0) is 7.68. The Hall–Kier alpha value is -1.56. The summed E-state index contributed by atoms with van der Waals surface area (Å²) in [4.78, 5) is 3.95. The van der Waals surface area contributed by atoms with Crippen LogP contribution in [-0.4, -0.2) is 11.0 Å². The number of hydrogen-bond acceptors (Lipinski definition) is 3. The van der Waals surface area contributed by atoms with Gasteiger partial charge in [-0.25, -0.2) is 0 Å². The monoisotopic (exact) mass is 145 g/mol. The van der Waals surface area contributed by atoms with E-state index >= 15 is 0 Å². The fraction of sp³-hybridized carbons (Fsp3) is 0.250. The van der Waals surface area contributed by atoms with Crippen LogP contribution < -0.4 is 5.32 Å². The third kappa shape index (κ3) is 0.926. The molecule has 54 valence electrons. The molecular formula is C8H7N3. The molecule has 1 aromatic rings. The van der Waals surface area contributed by atoms with Gasteiger partial charge in [-0.2, -0.15) is 5.26 Å². The van der Waals surface area contributed by atoms with E-state index in [1.54, 1.807) is 12.4 Å². The first-order valence-corrected chi connectivity index (χ1v) is 3.49. The van der Waals surface area contributed by atoms with E-state index in [-0.39, 0.29) is 6.04 Å². The normalized spacial score (nSPS) is 20.1. The molecule has 11 heavy (non-hydrogen) atoms. The molecule has 1 aromatic heterocycles. The second-order valence-electron chi connectivity index (χ2n) is 2.56. The number of anilines is 1. The number of nitrogens with zero attached hydrogens (tertiary/aromatic N) is 2. The Balaban J connectivity index is 2.35. The molecule has 0 fully saturated rings. The van der Waals surface area contributed by atoms with Crippen LogP contribution in [0.25, 0.3) is 0 Å². The average molecular weight is 145 g/mol. The van der Waals surface area contributed by atoms with Crippen molar-refractivity contribution in [1.82, 2.24) is 4.98 Å². The Bertz CT molecular complexity index is 288. The lowest BCUT2D eigenvalue weighted by Gasteiger charge is -1.97. The van der Waals surface area contributed by atoms with Gasteiger partial charge in [0.05, 0.1) is 18.0 Å². The van der Waals surface area contributed by atoms with Gasteiger partial charge in [0.15, 0.2) is 0 Å². The molecule has 0 bridgehead atoms. The molecule has 1 atom stereocenters. The SMILES string of the molecule is N#CC1Cc2ccncc2N1. The van der Waals surface area contributed by atoms with Crippen molar-refractivity contribution in [2.45, 2.75) is 12.5 Å². The number of rotatable bonds is 0. The standard InChI is InChI=1S/C8H7N3/c9-4-7-3-6-1-2-10-5-8(6)11-7/h1-2,5,7,11H,3H2. The summed E-state index contributed by atoms with van der Waals surface area (Å²) in [6, 6.07) is 4.06. The third-order valence-electron chi connectivity index (χ3n) is 1.82. The molecule has 1 unspecified atom stereocenters. The van der Waals surface area contributed by atoms with Crippen molar-refractivity contribution in [3.8, 4) is 6.07 Å². The minimum absolute atomic E-state index is 0.0609. The van der Waals surface area contributed by atoms with E-state index in [9.17, 15) is 0 Å². The van der Waals surface area contributed by atoms with Crippen molar-refractivity contribution >= 4 is 5.69 Å². The maximum Gasteiger partial charge on any atom is 0.118 e. The number of fused-ring (bicyclic) bond motifs is 1. The average Bonchev–Trinajstić information content (AvgIpc) is 2.46. The van der Waals surface area contributed by atoms with Gasteiger partial charge in [-0.1, -0.05) is 0 Å². The molecule has 1 aliphatic rings. The first kappa shape index (κ1) is 6.17. The topological polar surface area (TPSA) is 48.7 Å². The van der Waals surface area contributed by atoms with Crippen molar-refractivity contribution in [1.29, 1.82) is 5.26 Å². The Kier molecular flexibility index (Phi) is 1.26. The molecule has 0 saturated heterocycles. The number of nitriles is 1. The first-order valence-electron chi connectivity index (χ1n) is 3.49. The predicted molar refractivity (Wildman–Crippen MR) is 41.0 cm³/mol. The Labute approximate surface area is 64.7 Å². The maximum atomic E-state index is 8.61. The molecule has 1 aliphatic heterocycles.